The smallest absolute Gasteiger partial charge is 0.0860 e. The Labute approximate surface area is 107 Å². The van der Waals surface area contributed by atoms with Crippen molar-refractivity contribution in [3.8, 4) is 5.69 Å². The summed E-state index contributed by atoms with van der Waals surface area (Å²) in [6.07, 6.45) is 4.20. The Balaban J connectivity index is 1.99. The summed E-state index contributed by atoms with van der Waals surface area (Å²) in [5.41, 5.74) is 3.37. The van der Waals surface area contributed by atoms with Crippen molar-refractivity contribution >= 4 is 0 Å². The van der Waals surface area contributed by atoms with Crippen LogP contribution in [0.2, 0.25) is 0 Å². The summed E-state index contributed by atoms with van der Waals surface area (Å²) in [7, 11) is 0. The van der Waals surface area contributed by atoms with Gasteiger partial charge in [-0.15, -0.1) is 0 Å². The van der Waals surface area contributed by atoms with Crippen molar-refractivity contribution in [1.82, 2.24) is 20.3 Å². The molecule has 2 aromatic rings. The number of aryl methyl sites for hydroxylation is 1. The molecule has 1 N–H and O–H groups in total. The maximum Gasteiger partial charge on any atom is 0.0860 e. The van der Waals surface area contributed by atoms with Gasteiger partial charge in [-0.1, -0.05) is 12.1 Å². The highest BCUT2D eigenvalue weighted by Gasteiger charge is 2.29. The van der Waals surface area contributed by atoms with Gasteiger partial charge in [-0.3, -0.25) is 0 Å². The van der Waals surface area contributed by atoms with E-state index in [9.17, 15) is 0 Å². The lowest BCUT2D eigenvalue weighted by Crippen LogP contribution is -2.33. The minimum Gasteiger partial charge on any atom is -0.308 e. The molecule has 1 aromatic heterocycles. The molecular formula is C14H18N4. The molecule has 0 radical (unpaired) electrons. The molecule has 0 bridgehead atoms. The molecule has 4 heteroatoms. The second-order valence-electron chi connectivity index (χ2n) is 5.19. The molecule has 94 valence electrons. The van der Waals surface area contributed by atoms with Crippen LogP contribution < -0.4 is 5.32 Å². The fourth-order valence-corrected chi connectivity index (χ4v) is 2.58. The molecule has 1 aliphatic heterocycles. The van der Waals surface area contributed by atoms with E-state index in [0.717, 1.165) is 17.9 Å². The van der Waals surface area contributed by atoms with E-state index in [4.69, 9.17) is 0 Å². The molecule has 0 aliphatic carbocycles. The summed E-state index contributed by atoms with van der Waals surface area (Å²) in [5, 5.41) is 12.2. The monoisotopic (exact) mass is 242 g/mol. The molecule has 1 aliphatic rings. The van der Waals surface area contributed by atoms with Crippen LogP contribution >= 0.6 is 0 Å². The Morgan fingerprint density at radius 3 is 2.94 bits per heavy atom. The fourth-order valence-electron chi connectivity index (χ4n) is 2.58. The lowest BCUT2D eigenvalue weighted by atomic mass is 9.90. The van der Waals surface area contributed by atoms with Gasteiger partial charge in [-0.05, 0) is 50.9 Å². The molecule has 1 atom stereocenters. The van der Waals surface area contributed by atoms with Gasteiger partial charge in [0.25, 0.3) is 0 Å². The molecule has 1 unspecified atom stereocenters. The first-order chi connectivity index (χ1) is 8.67. The van der Waals surface area contributed by atoms with Crippen molar-refractivity contribution in [3.05, 3.63) is 41.7 Å². The van der Waals surface area contributed by atoms with Gasteiger partial charge in [-0.2, -0.15) is 15.0 Å². The van der Waals surface area contributed by atoms with E-state index >= 15 is 0 Å². The fraction of sp³-hybridized carbons (Fsp3) is 0.429. The number of rotatable bonds is 2. The molecule has 1 saturated heterocycles. The molecule has 1 fully saturated rings. The predicted octanol–water partition coefficient (Wildman–Crippen LogP) is 2.17. The molecular weight excluding hydrogens is 224 g/mol. The Bertz CT molecular complexity index is 552. The number of aromatic nitrogens is 3. The first kappa shape index (κ1) is 11.4. The van der Waals surface area contributed by atoms with Gasteiger partial charge in [-0.25, -0.2) is 0 Å². The van der Waals surface area contributed by atoms with Gasteiger partial charge in [0.15, 0.2) is 0 Å². The van der Waals surface area contributed by atoms with E-state index in [1.165, 1.54) is 18.4 Å². The zero-order valence-electron chi connectivity index (χ0n) is 10.8. The second-order valence-corrected chi connectivity index (χ2v) is 5.19. The summed E-state index contributed by atoms with van der Waals surface area (Å²) in [5.74, 6) is 0. The Morgan fingerprint density at radius 1 is 1.39 bits per heavy atom. The molecule has 0 amide bonds. The average Bonchev–Trinajstić information content (AvgIpc) is 2.99. The van der Waals surface area contributed by atoms with Crippen LogP contribution in [0.1, 0.15) is 31.0 Å². The number of hydrogen-bond donors (Lipinski definition) is 1. The standard InChI is InChI=1S/C14H18N4/c1-11-10-16-18(17-11)13-6-3-5-12(9-13)14(2)7-4-8-15-14/h3,5-6,9-10,15H,4,7-8H2,1-2H3. The van der Waals surface area contributed by atoms with Crippen LogP contribution in [0.25, 0.3) is 5.69 Å². The minimum absolute atomic E-state index is 0.0954. The number of hydrogen-bond acceptors (Lipinski definition) is 3. The lowest BCUT2D eigenvalue weighted by Gasteiger charge is -2.25. The number of nitrogens with one attached hydrogen (secondary N) is 1. The third-order valence-electron chi connectivity index (χ3n) is 3.69. The van der Waals surface area contributed by atoms with Gasteiger partial charge in [0.05, 0.1) is 17.6 Å². The predicted molar refractivity (Wildman–Crippen MR) is 70.7 cm³/mol. The van der Waals surface area contributed by atoms with Crippen LogP contribution in [0.3, 0.4) is 0 Å². The third kappa shape index (κ3) is 1.93. The zero-order chi connectivity index (χ0) is 12.6. The van der Waals surface area contributed by atoms with Crippen molar-refractivity contribution in [2.75, 3.05) is 6.54 Å². The van der Waals surface area contributed by atoms with Crippen LogP contribution in [0, 0.1) is 6.92 Å². The molecule has 18 heavy (non-hydrogen) atoms. The molecule has 2 heterocycles. The van der Waals surface area contributed by atoms with Crippen LogP contribution in [-0.2, 0) is 5.54 Å². The number of benzene rings is 1. The zero-order valence-corrected chi connectivity index (χ0v) is 10.8. The van der Waals surface area contributed by atoms with E-state index < -0.39 is 0 Å². The van der Waals surface area contributed by atoms with E-state index in [1.54, 1.807) is 11.0 Å². The van der Waals surface area contributed by atoms with Gasteiger partial charge in [0, 0.05) is 5.54 Å². The maximum absolute atomic E-state index is 4.36. The summed E-state index contributed by atoms with van der Waals surface area (Å²) in [4.78, 5) is 1.69. The van der Waals surface area contributed by atoms with Crippen molar-refractivity contribution < 1.29 is 0 Å². The van der Waals surface area contributed by atoms with Crippen molar-refractivity contribution in [2.24, 2.45) is 0 Å². The van der Waals surface area contributed by atoms with Gasteiger partial charge in [0.1, 0.15) is 0 Å². The normalized spacial score (nSPS) is 23.4. The molecule has 4 nitrogen and oxygen atoms in total. The average molecular weight is 242 g/mol. The van der Waals surface area contributed by atoms with Gasteiger partial charge >= 0.3 is 0 Å². The highest BCUT2D eigenvalue weighted by atomic mass is 15.5. The summed E-state index contributed by atoms with van der Waals surface area (Å²) < 4.78 is 0. The Morgan fingerprint density at radius 2 is 2.28 bits per heavy atom. The first-order valence-corrected chi connectivity index (χ1v) is 6.42. The SMILES string of the molecule is Cc1cnn(-c2cccc(C3(C)CCCN3)c2)n1. The maximum atomic E-state index is 4.36. The highest BCUT2D eigenvalue weighted by molar-refractivity contribution is 5.37. The highest BCUT2D eigenvalue weighted by Crippen LogP contribution is 2.30. The van der Waals surface area contributed by atoms with Crippen LogP contribution in [0.5, 0.6) is 0 Å². The van der Waals surface area contributed by atoms with E-state index in [0.29, 0.717) is 0 Å². The summed E-state index contributed by atoms with van der Waals surface area (Å²) >= 11 is 0. The lowest BCUT2D eigenvalue weighted by molar-refractivity contribution is 0.434. The summed E-state index contributed by atoms with van der Waals surface area (Å²) in [6.45, 7) is 5.31. The Hall–Kier alpha value is -1.68. The topological polar surface area (TPSA) is 42.7 Å². The van der Waals surface area contributed by atoms with E-state index in [2.05, 4.69) is 40.6 Å². The molecule has 1 aromatic carbocycles. The van der Waals surface area contributed by atoms with Crippen molar-refractivity contribution in [3.63, 3.8) is 0 Å². The largest absolute Gasteiger partial charge is 0.308 e. The third-order valence-corrected chi connectivity index (χ3v) is 3.69. The van der Waals surface area contributed by atoms with E-state index in [-0.39, 0.29) is 5.54 Å². The summed E-state index contributed by atoms with van der Waals surface area (Å²) in [6, 6.07) is 8.48. The molecule has 0 saturated carbocycles. The van der Waals surface area contributed by atoms with Crippen LogP contribution in [0.15, 0.2) is 30.5 Å². The quantitative estimate of drug-likeness (QED) is 0.877. The molecule has 0 spiro atoms. The van der Waals surface area contributed by atoms with Gasteiger partial charge < -0.3 is 5.32 Å². The first-order valence-electron chi connectivity index (χ1n) is 6.42. The van der Waals surface area contributed by atoms with Crippen LogP contribution in [-0.4, -0.2) is 21.5 Å². The Kier molecular flexibility index (Phi) is 2.67. The van der Waals surface area contributed by atoms with Crippen molar-refractivity contribution in [2.45, 2.75) is 32.2 Å². The van der Waals surface area contributed by atoms with Crippen LogP contribution in [0.4, 0.5) is 0 Å². The molecule has 3 rings (SSSR count). The number of nitrogens with zero attached hydrogens (tertiary/aromatic N) is 3. The minimum atomic E-state index is 0.0954. The van der Waals surface area contributed by atoms with Crippen molar-refractivity contribution in [1.29, 1.82) is 0 Å². The van der Waals surface area contributed by atoms with Gasteiger partial charge in [0.2, 0.25) is 0 Å². The van der Waals surface area contributed by atoms with E-state index in [1.807, 2.05) is 13.0 Å². The second kappa shape index (κ2) is 4.21.